The van der Waals surface area contributed by atoms with Crippen molar-refractivity contribution in [3.8, 4) is 0 Å². The fourth-order valence-electron chi connectivity index (χ4n) is 2.22. The highest BCUT2D eigenvalue weighted by Crippen LogP contribution is 2.26. The summed E-state index contributed by atoms with van der Waals surface area (Å²) in [5, 5.41) is 4.80. The van der Waals surface area contributed by atoms with Gasteiger partial charge in [-0.1, -0.05) is 0 Å². The van der Waals surface area contributed by atoms with E-state index in [9.17, 15) is 4.79 Å². The largest absolute Gasteiger partial charge is 0.375 e. The molecule has 0 radical (unpaired) electrons. The summed E-state index contributed by atoms with van der Waals surface area (Å²) >= 11 is 1.37. The number of nitrogens with zero attached hydrogens (tertiary/aromatic N) is 1. The number of methoxy groups -OCH3 is 1. The molecule has 5 nitrogen and oxygen atoms in total. The Hall–Kier alpha value is -2.18. The fraction of sp³-hybridized carbons (Fsp3) is 0.250. The van der Waals surface area contributed by atoms with E-state index < -0.39 is 0 Å². The lowest BCUT2D eigenvalue weighted by Gasteiger charge is -2.04. The van der Waals surface area contributed by atoms with Crippen LogP contribution >= 0.6 is 11.3 Å². The van der Waals surface area contributed by atoms with Gasteiger partial charge in [0.05, 0.1) is 5.69 Å². The average molecular weight is 315 g/mol. The second kappa shape index (κ2) is 5.90. The quantitative estimate of drug-likeness (QED) is 0.767. The smallest absolute Gasteiger partial charge is 0.267 e. The maximum Gasteiger partial charge on any atom is 0.267 e. The first-order valence-electron chi connectivity index (χ1n) is 6.97. The van der Waals surface area contributed by atoms with Gasteiger partial charge in [-0.25, -0.2) is 4.98 Å². The van der Waals surface area contributed by atoms with Crippen LogP contribution in [0, 0.1) is 6.92 Å². The molecule has 0 aliphatic rings. The number of hydrogen-bond donors (Lipinski definition) is 2. The number of anilines is 1. The zero-order chi connectivity index (χ0) is 15.7. The molecular formula is C16H17N3O2S. The Bertz CT molecular complexity index is 822. The molecule has 6 heteroatoms. The van der Waals surface area contributed by atoms with Crippen LogP contribution in [-0.2, 0) is 4.74 Å². The number of amides is 1. The summed E-state index contributed by atoms with van der Waals surface area (Å²) < 4.78 is 5.25. The molecule has 1 amide bonds. The van der Waals surface area contributed by atoms with Gasteiger partial charge in [-0.05, 0) is 38.1 Å². The Morgan fingerprint density at radius 3 is 3.00 bits per heavy atom. The minimum Gasteiger partial charge on any atom is -0.375 e. The van der Waals surface area contributed by atoms with Gasteiger partial charge in [-0.15, -0.1) is 11.3 Å². The highest BCUT2D eigenvalue weighted by atomic mass is 32.1. The number of rotatable bonds is 4. The van der Waals surface area contributed by atoms with E-state index in [1.54, 1.807) is 7.11 Å². The summed E-state index contributed by atoms with van der Waals surface area (Å²) in [7, 11) is 1.63. The topological polar surface area (TPSA) is 67.0 Å². The van der Waals surface area contributed by atoms with E-state index in [1.165, 1.54) is 11.3 Å². The normalized spacial score (nSPS) is 12.5. The van der Waals surface area contributed by atoms with Crippen molar-refractivity contribution in [3.63, 3.8) is 0 Å². The number of carbonyl (C=O) groups is 1. The van der Waals surface area contributed by atoms with Gasteiger partial charge in [0.2, 0.25) is 0 Å². The molecule has 0 saturated carbocycles. The van der Waals surface area contributed by atoms with Gasteiger partial charge >= 0.3 is 0 Å². The van der Waals surface area contributed by atoms with Gasteiger partial charge in [-0.2, -0.15) is 0 Å². The molecule has 1 atom stereocenters. The molecule has 1 aromatic carbocycles. The number of nitrogens with one attached hydrogen (secondary N) is 2. The second-order valence-electron chi connectivity index (χ2n) is 5.08. The zero-order valence-electron chi connectivity index (χ0n) is 12.6. The number of carbonyl (C=O) groups excluding carboxylic acids is 1. The van der Waals surface area contributed by atoms with Crippen molar-refractivity contribution < 1.29 is 9.53 Å². The molecule has 0 saturated heterocycles. The van der Waals surface area contributed by atoms with Crippen LogP contribution in [0.25, 0.3) is 10.9 Å². The van der Waals surface area contributed by atoms with Crippen LogP contribution in [0.5, 0.6) is 0 Å². The highest BCUT2D eigenvalue weighted by Gasteiger charge is 2.18. The molecule has 2 N–H and O–H groups in total. The van der Waals surface area contributed by atoms with Crippen molar-refractivity contribution in [2.45, 2.75) is 20.0 Å². The van der Waals surface area contributed by atoms with Crippen LogP contribution < -0.4 is 5.32 Å². The van der Waals surface area contributed by atoms with E-state index in [0.29, 0.717) is 4.88 Å². The molecule has 0 aliphatic carbocycles. The van der Waals surface area contributed by atoms with Gasteiger partial charge < -0.3 is 15.0 Å². The number of benzene rings is 1. The van der Waals surface area contributed by atoms with Gasteiger partial charge in [0.25, 0.3) is 5.91 Å². The van der Waals surface area contributed by atoms with E-state index in [1.807, 2.05) is 44.3 Å². The molecule has 0 spiro atoms. The molecular weight excluding hydrogens is 298 g/mol. The van der Waals surface area contributed by atoms with E-state index in [0.717, 1.165) is 27.3 Å². The Labute approximate surface area is 132 Å². The van der Waals surface area contributed by atoms with Gasteiger partial charge in [0.15, 0.2) is 0 Å². The summed E-state index contributed by atoms with van der Waals surface area (Å²) in [5.74, 6) is -0.139. The summed E-state index contributed by atoms with van der Waals surface area (Å²) in [6.45, 7) is 3.76. The molecule has 3 rings (SSSR count). The Kier molecular flexibility index (Phi) is 3.96. The van der Waals surface area contributed by atoms with Crippen molar-refractivity contribution in [3.05, 3.63) is 46.0 Å². The fourth-order valence-corrected chi connectivity index (χ4v) is 3.21. The second-order valence-corrected chi connectivity index (χ2v) is 6.11. The van der Waals surface area contributed by atoms with Crippen molar-refractivity contribution in [2.24, 2.45) is 0 Å². The standard InChI is InChI=1S/C16H17N3O2S/c1-9-14(22-16(18-9)10(2)21-3)15(20)19-12-4-5-13-11(8-12)6-7-17-13/h4-8,10,17H,1-3H3,(H,19,20)/t10-/m0/s1. The van der Waals surface area contributed by atoms with Crippen LogP contribution in [0.2, 0.25) is 0 Å². The van der Waals surface area contributed by atoms with E-state index in [-0.39, 0.29) is 12.0 Å². The maximum absolute atomic E-state index is 12.4. The number of fused-ring (bicyclic) bond motifs is 1. The van der Waals surface area contributed by atoms with Crippen LogP contribution in [0.15, 0.2) is 30.5 Å². The average Bonchev–Trinajstić information content (AvgIpc) is 3.12. The van der Waals surface area contributed by atoms with Gasteiger partial charge in [0, 0.05) is 29.9 Å². The van der Waals surface area contributed by atoms with Crippen molar-refractivity contribution in [2.75, 3.05) is 12.4 Å². The highest BCUT2D eigenvalue weighted by molar-refractivity contribution is 7.14. The predicted octanol–water partition coefficient (Wildman–Crippen LogP) is 3.89. The van der Waals surface area contributed by atoms with Crippen LogP contribution in [0.4, 0.5) is 5.69 Å². The first-order valence-corrected chi connectivity index (χ1v) is 7.78. The Balaban J connectivity index is 1.83. The zero-order valence-corrected chi connectivity index (χ0v) is 13.5. The number of H-pyrrole nitrogens is 1. The molecule has 0 aliphatic heterocycles. The number of hydrogen-bond acceptors (Lipinski definition) is 4. The van der Waals surface area contributed by atoms with Crippen molar-refractivity contribution in [1.82, 2.24) is 9.97 Å². The maximum atomic E-state index is 12.4. The number of aryl methyl sites for hydroxylation is 1. The number of aromatic amines is 1. The predicted molar refractivity (Wildman–Crippen MR) is 88.5 cm³/mol. The molecule has 3 aromatic rings. The van der Waals surface area contributed by atoms with Crippen molar-refractivity contribution >= 4 is 33.8 Å². The molecule has 0 fully saturated rings. The number of thiazole rings is 1. The lowest BCUT2D eigenvalue weighted by Crippen LogP contribution is -2.11. The Morgan fingerprint density at radius 1 is 1.41 bits per heavy atom. The summed E-state index contributed by atoms with van der Waals surface area (Å²) in [6, 6.07) is 7.74. The van der Waals surface area contributed by atoms with E-state index in [4.69, 9.17) is 4.74 Å². The number of ether oxygens (including phenoxy) is 1. The molecule has 2 aromatic heterocycles. The van der Waals surface area contributed by atoms with E-state index in [2.05, 4.69) is 15.3 Å². The van der Waals surface area contributed by atoms with E-state index >= 15 is 0 Å². The van der Waals surface area contributed by atoms with Crippen LogP contribution in [0.1, 0.15) is 33.4 Å². The Morgan fingerprint density at radius 2 is 2.23 bits per heavy atom. The van der Waals surface area contributed by atoms with Gasteiger partial charge in [0.1, 0.15) is 16.0 Å². The minimum atomic E-state index is -0.139. The SMILES string of the molecule is CO[C@@H](C)c1nc(C)c(C(=O)Nc2ccc3[nH]ccc3c2)s1. The monoisotopic (exact) mass is 315 g/mol. The summed E-state index contributed by atoms with van der Waals surface area (Å²) in [4.78, 5) is 20.6. The van der Waals surface area contributed by atoms with Crippen LogP contribution in [0.3, 0.4) is 0 Å². The third-order valence-electron chi connectivity index (χ3n) is 3.53. The first-order chi connectivity index (χ1) is 10.6. The van der Waals surface area contributed by atoms with Crippen molar-refractivity contribution in [1.29, 1.82) is 0 Å². The lowest BCUT2D eigenvalue weighted by molar-refractivity contribution is 0.103. The lowest BCUT2D eigenvalue weighted by atomic mass is 10.2. The third-order valence-corrected chi connectivity index (χ3v) is 4.85. The van der Waals surface area contributed by atoms with Gasteiger partial charge in [-0.3, -0.25) is 4.79 Å². The third kappa shape index (κ3) is 2.75. The molecule has 0 unspecified atom stereocenters. The molecule has 2 heterocycles. The summed E-state index contributed by atoms with van der Waals surface area (Å²) in [5.41, 5.74) is 2.54. The number of aromatic nitrogens is 2. The first kappa shape index (κ1) is 14.7. The minimum absolute atomic E-state index is 0.110. The summed E-state index contributed by atoms with van der Waals surface area (Å²) in [6.07, 6.45) is 1.77. The molecule has 22 heavy (non-hydrogen) atoms. The molecule has 114 valence electrons. The molecule has 0 bridgehead atoms. The van der Waals surface area contributed by atoms with Crippen LogP contribution in [-0.4, -0.2) is 23.0 Å².